The molecule has 1 heterocycles. The van der Waals surface area contributed by atoms with Crippen LogP contribution < -0.4 is 10.6 Å². The van der Waals surface area contributed by atoms with Crippen molar-refractivity contribution < 1.29 is 4.79 Å². The Balaban J connectivity index is 1.85. The Morgan fingerprint density at radius 2 is 2.35 bits per heavy atom. The molecule has 0 aliphatic heterocycles. The first kappa shape index (κ1) is 11.5. The number of hydrogen-bond donors (Lipinski definition) is 3. The summed E-state index contributed by atoms with van der Waals surface area (Å²) in [5.74, 6) is 0. The second-order valence-corrected chi connectivity index (χ2v) is 3.83. The van der Waals surface area contributed by atoms with Gasteiger partial charge in [-0.2, -0.15) is 0 Å². The third kappa shape index (κ3) is 3.49. The molecule has 0 atom stereocenters. The molecule has 0 saturated carbocycles. The van der Waals surface area contributed by atoms with Crippen molar-refractivity contribution in [2.75, 3.05) is 5.32 Å². The predicted molar refractivity (Wildman–Crippen MR) is 65.9 cm³/mol. The molecular formula is C11H11ClN4O. The first-order valence-electron chi connectivity index (χ1n) is 5.02. The van der Waals surface area contributed by atoms with Crippen LogP contribution >= 0.6 is 11.6 Å². The lowest BCUT2D eigenvalue weighted by atomic mass is 10.3. The normalized spacial score (nSPS) is 9.94. The summed E-state index contributed by atoms with van der Waals surface area (Å²) < 4.78 is 0. The smallest absolute Gasteiger partial charge is 0.319 e. The number of nitrogens with zero attached hydrogens (tertiary/aromatic N) is 1. The summed E-state index contributed by atoms with van der Waals surface area (Å²) >= 11 is 5.80. The van der Waals surface area contributed by atoms with E-state index in [1.54, 1.807) is 36.8 Å². The molecule has 5 nitrogen and oxygen atoms in total. The maximum atomic E-state index is 11.5. The van der Waals surface area contributed by atoms with Crippen LogP contribution in [-0.2, 0) is 6.54 Å². The van der Waals surface area contributed by atoms with E-state index in [0.717, 1.165) is 5.69 Å². The largest absolute Gasteiger partial charge is 0.347 e. The van der Waals surface area contributed by atoms with E-state index in [1.807, 2.05) is 0 Å². The zero-order valence-corrected chi connectivity index (χ0v) is 9.66. The molecule has 2 aromatic rings. The third-order valence-electron chi connectivity index (χ3n) is 2.08. The lowest BCUT2D eigenvalue weighted by molar-refractivity contribution is 0.251. The van der Waals surface area contributed by atoms with Crippen molar-refractivity contribution >= 4 is 23.3 Å². The van der Waals surface area contributed by atoms with E-state index in [1.165, 1.54) is 0 Å². The molecule has 0 saturated heterocycles. The lowest BCUT2D eigenvalue weighted by Crippen LogP contribution is -2.28. The fourth-order valence-corrected chi connectivity index (χ4v) is 1.49. The maximum Gasteiger partial charge on any atom is 0.319 e. The number of aromatic nitrogens is 2. The number of nitrogens with one attached hydrogen (secondary N) is 3. The number of amides is 2. The number of H-pyrrole nitrogens is 1. The maximum absolute atomic E-state index is 11.5. The monoisotopic (exact) mass is 250 g/mol. The minimum absolute atomic E-state index is 0.290. The van der Waals surface area contributed by atoms with Crippen LogP contribution in [0.5, 0.6) is 0 Å². The molecule has 17 heavy (non-hydrogen) atoms. The number of benzene rings is 1. The molecule has 2 rings (SSSR count). The number of rotatable bonds is 3. The van der Waals surface area contributed by atoms with Crippen LogP contribution in [0, 0.1) is 0 Å². The molecule has 0 spiro atoms. The van der Waals surface area contributed by atoms with E-state index in [2.05, 4.69) is 20.6 Å². The summed E-state index contributed by atoms with van der Waals surface area (Å²) in [7, 11) is 0. The highest BCUT2D eigenvalue weighted by atomic mass is 35.5. The number of carbonyl (C=O) groups is 1. The predicted octanol–water partition coefficient (Wildman–Crippen LogP) is 2.38. The Hall–Kier alpha value is -2.01. The number of carbonyl (C=O) groups excluding carboxylic acids is 1. The Kier molecular flexibility index (Phi) is 3.62. The summed E-state index contributed by atoms with van der Waals surface area (Å²) in [6.45, 7) is 0.395. The zero-order chi connectivity index (χ0) is 12.1. The number of aromatic amines is 1. The van der Waals surface area contributed by atoms with E-state index in [4.69, 9.17) is 11.6 Å². The lowest BCUT2D eigenvalue weighted by Gasteiger charge is -2.06. The molecular weight excluding hydrogens is 240 g/mol. The van der Waals surface area contributed by atoms with Crippen molar-refractivity contribution in [1.82, 2.24) is 15.3 Å². The summed E-state index contributed by atoms with van der Waals surface area (Å²) in [5.41, 5.74) is 1.49. The van der Waals surface area contributed by atoms with Gasteiger partial charge in [0.15, 0.2) is 0 Å². The van der Waals surface area contributed by atoms with Crippen LogP contribution in [-0.4, -0.2) is 16.0 Å². The Morgan fingerprint density at radius 3 is 3.06 bits per heavy atom. The first-order chi connectivity index (χ1) is 8.24. The van der Waals surface area contributed by atoms with Crippen LogP contribution in [0.25, 0.3) is 0 Å². The van der Waals surface area contributed by atoms with Crippen LogP contribution in [0.15, 0.2) is 36.8 Å². The van der Waals surface area contributed by atoms with E-state index < -0.39 is 0 Å². The molecule has 0 aliphatic rings. The summed E-state index contributed by atoms with van der Waals surface area (Å²) in [6.07, 6.45) is 3.21. The second-order valence-electron chi connectivity index (χ2n) is 3.39. The van der Waals surface area contributed by atoms with E-state index in [9.17, 15) is 4.79 Å². The zero-order valence-electron chi connectivity index (χ0n) is 8.90. The SMILES string of the molecule is O=C(NCc1cnc[nH]1)Nc1cccc(Cl)c1. The van der Waals surface area contributed by atoms with Gasteiger partial charge in [-0.1, -0.05) is 17.7 Å². The molecule has 88 valence electrons. The summed E-state index contributed by atoms with van der Waals surface area (Å²) in [5, 5.41) is 5.94. The molecule has 3 N–H and O–H groups in total. The van der Waals surface area contributed by atoms with Gasteiger partial charge in [0.1, 0.15) is 0 Å². The summed E-state index contributed by atoms with van der Waals surface area (Å²) in [4.78, 5) is 18.3. The Morgan fingerprint density at radius 1 is 1.47 bits per heavy atom. The van der Waals surface area contributed by atoms with Crippen molar-refractivity contribution in [3.05, 3.63) is 47.5 Å². The highest BCUT2D eigenvalue weighted by Gasteiger charge is 2.02. The average Bonchev–Trinajstić information content (AvgIpc) is 2.79. The van der Waals surface area contributed by atoms with Crippen LogP contribution in [0.2, 0.25) is 5.02 Å². The molecule has 1 aromatic carbocycles. The number of hydrogen-bond acceptors (Lipinski definition) is 2. The van der Waals surface area contributed by atoms with Gasteiger partial charge in [-0.15, -0.1) is 0 Å². The van der Waals surface area contributed by atoms with Crippen molar-refractivity contribution in [3.63, 3.8) is 0 Å². The van der Waals surface area contributed by atoms with E-state index in [0.29, 0.717) is 17.3 Å². The van der Waals surface area contributed by atoms with Crippen molar-refractivity contribution in [3.8, 4) is 0 Å². The van der Waals surface area contributed by atoms with Gasteiger partial charge in [-0.05, 0) is 18.2 Å². The molecule has 6 heteroatoms. The number of halogens is 1. The molecule has 2 amide bonds. The van der Waals surface area contributed by atoms with Gasteiger partial charge in [0, 0.05) is 16.9 Å². The van der Waals surface area contributed by atoms with E-state index in [-0.39, 0.29) is 6.03 Å². The van der Waals surface area contributed by atoms with Gasteiger partial charge >= 0.3 is 6.03 Å². The van der Waals surface area contributed by atoms with Gasteiger partial charge in [-0.25, -0.2) is 9.78 Å². The number of urea groups is 1. The minimum Gasteiger partial charge on any atom is -0.347 e. The van der Waals surface area contributed by atoms with Gasteiger partial charge < -0.3 is 15.6 Å². The fraction of sp³-hybridized carbons (Fsp3) is 0.0909. The van der Waals surface area contributed by atoms with Crippen molar-refractivity contribution in [2.45, 2.75) is 6.54 Å². The Labute approximate surface area is 103 Å². The molecule has 0 aliphatic carbocycles. The molecule has 1 aromatic heterocycles. The fourth-order valence-electron chi connectivity index (χ4n) is 1.30. The van der Waals surface area contributed by atoms with Gasteiger partial charge in [0.25, 0.3) is 0 Å². The van der Waals surface area contributed by atoms with Gasteiger partial charge in [0.05, 0.1) is 18.6 Å². The third-order valence-corrected chi connectivity index (χ3v) is 2.31. The average molecular weight is 251 g/mol. The topological polar surface area (TPSA) is 69.8 Å². The van der Waals surface area contributed by atoms with Gasteiger partial charge in [0.2, 0.25) is 0 Å². The van der Waals surface area contributed by atoms with Crippen molar-refractivity contribution in [1.29, 1.82) is 0 Å². The van der Waals surface area contributed by atoms with Crippen LogP contribution in [0.1, 0.15) is 5.69 Å². The minimum atomic E-state index is -0.290. The highest BCUT2D eigenvalue weighted by molar-refractivity contribution is 6.30. The second kappa shape index (κ2) is 5.36. The standard InChI is InChI=1S/C11H11ClN4O/c12-8-2-1-3-9(4-8)16-11(17)14-6-10-5-13-7-15-10/h1-5,7H,6H2,(H,13,15)(H2,14,16,17). The molecule has 0 fully saturated rings. The Bertz CT molecular complexity index is 498. The van der Waals surface area contributed by atoms with Crippen LogP contribution in [0.4, 0.5) is 10.5 Å². The van der Waals surface area contributed by atoms with E-state index >= 15 is 0 Å². The first-order valence-corrected chi connectivity index (χ1v) is 5.39. The highest BCUT2D eigenvalue weighted by Crippen LogP contribution is 2.14. The number of imidazole rings is 1. The molecule has 0 unspecified atom stereocenters. The van der Waals surface area contributed by atoms with Crippen molar-refractivity contribution in [2.24, 2.45) is 0 Å². The number of anilines is 1. The summed E-state index contributed by atoms with van der Waals surface area (Å²) in [6, 6.07) is 6.67. The van der Waals surface area contributed by atoms with Crippen LogP contribution in [0.3, 0.4) is 0 Å². The molecule has 0 radical (unpaired) electrons. The molecule has 0 bridgehead atoms. The van der Waals surface area contributed by atoms with Gasteiger partial charge in [-0.3, -0.25) is 0 Å². The quantitative estimate of drug-likeness (QED) is 0.783.